The molecule has 12 nitrogen and oxygen atoms in total. The number of aliphatic imine (C=N–C) groups is 2. The third-order valence-corrected chi connectivity index (χ3v) is 3.85. The predicted octanol–water partition coefficient (Wildman–Crippen LogP) is 0.834. The Kier molecular flexibility index (Phi) is 5.17. The SMILES string of the molecule is C=C1N=C(C#N)C(C#N)=NCc2nc(C#N)c(C#N)nc2-c2nc(C#N)c(C#N)nc21. The van der Waals surface area contributed by atoms with Crippen LogP contribution in [0.1, 0.15) is 34.2 Å². The Bertz CT molecular complexity index is 1480. The molecule has 2 aromatic heterocycles. The summed E-state index contributed by atoms with van der Waals surface area (Å²) in [6, 6.07) is 10.5. The summed E-state index contributed by atoms with van der Waals surface area (Å²) in [6.07, 6.45) is 0. The van der Waals surface area contributed by atoms with Gasteiger partial charge in [0.05, 0.1) is 17.9 Å². The van der Waals surface area contributed by atoms with Crippen LogP contribution < -0.4 is 0 Å². The van der Waals surface area contributed by atoms with Crippen LogP contribution in [0.25, 0.3) is 17.1 Å². The highest BCUT2D eigenvalue weighted by Crippen LogP contribution is 2.29. The average Bonchev–Trinajstić information content (AvgIpc) is 2.81. The number of hydrogen-bond acceptors (Lipinski definition) is 12. The average molecular weight is 400 g/mol. The lowest BCUT2D eigenvalue weighted by atomic mass is 10.1. The molecule has 0 aromatic carbocycles. The summed E-state index contributed by atoms with van der Waals surface area (Å²) in [6.45, 7) is 3.40. The lowest BCUT2D eigenvalue weighted by molar-refractivity contribution is 0.944. The van der Waals surface area contributed by atoms with Crippen LogP contribution in [0.3, 0.4) is 0 Å². The third kappa shape index (κ3) is 3.40. The van der Waals surface area contributed by atoms with Crippen molar-refractivity contribution in [2.24, 2.45) is 9.98 Å². The number of nitrogens with zero attached hydrogens (tertiary/aromatic N) is 12. The molecule has 0 radical (unpaired) electrons. The molecule has 0 spiro atoms. The summed E-state index contributed by atoms with van der Waals surface area (Å²) in [7, 11) is 0. The van der Waals surface area contributed by atoms with Crippen LogP contribution in [0.2, 0.25) is 0 Å². The fraction of sp³-hybridized carbons (Fsp3) is 0.0526. The Morgan fingerprint density at radius 2 is 1.06 bits per heavy atom. The normalized spacial score (nSPS) is 12.0. The standard InChI is InChI=1S/C19H4N12/c1-9-17-19(31-15(7-25)14(6-24)29-17)18-16(28-12(4-22)13(5-23)30-18)8-26-10(2-20)11(3-21)27-9/h1,8H2. The van der Waals surface area contributed by atoms with Crippen molar-refractivity contribution in [3.05, 3.63) is 40.7 Å². The molecule has 0 amide bonds. The molecule has 0 bridgehead atoms. The minimum absolute atomic E-state index is 0.0273. The first-order valence-corrected chi connectivity index (χ1v) is 8.07. The fourth-order valence-electron chi connectivity index (χ4n) is 2.52. The molecule has 0 aliphatic carbocycles. The maximum absolute atomic E-state index is 9.37. The van der Waals surface area contributed by atoms with Gasteiger partial charge in [-0.15, -0.1) is 0 Å². The molecule has 0 atom stereocenters. The van der Waals surface area contributed by atoms with Gasteiger partial charge in [0.1, 0.15) is 53.5 Å². The summed E-state index contributed by atoms with van der Waals surface area (Å²) in [4.78, 5) is 24.4. The highest BCUT2D eigenvalue weighted by molar-refractivity contribution is 6.53. The molecule has 3 rings (SSSR count). The summed E-state index contributed by atoms with van der Waals surface area (Å²) in [5.41, 5.74) is -2.37. The van der Waals surface area contributed by atoms with Gasteiger partial charge in [-0.1, -0.05) is 6.58 Å². The van der Waals surface area contributed by atoms with Crippen LogP contribution in [-0.4, -0.2) is 31.4 Å². The molecule has 140 valence electrons. The summed E-state index contributed by atoms with van der Waals surface area (Å²) >= 11 is 0. The molecule has 1 aliphatic heterocycles. The topological polar surface area (TPSA) is 219 Å². The molecule has 0 unspecified atom stereocenters. The van der Waals surface area contributed by atoms with E-state index in [-0.39, 0.29) is 69.2 Å². The van der Waals surface area contributed by atoms with E-state index >= 15 is 0 Å². The quantitative estimate of drug-likeness (QED) is 0.605. The van der Waals surface area contributed by atoms with E-state index in [1.165, 1.54) is 0 Å². The second-order valence-corrected chi connectivity index (χ2v) is 5.58. The van der Waals surface area contributed by atoms with Crippen LogP contribution in [0.4, 0.5) is 0 Å². The van der Waals surface area contributed by atoms with Crippen molar-refractivity contribution in [2.45, 2.75) is 6.54 Å². The summed E-state index contributed by atoms with van der Waals surface area (Å²) < 4.78 is 0. The Hall–Kier alpha value is -5.82. The molecule has 12 heteroatoms. The van der Waals surface area contributed by atoms with Gasteiger partial charge >= 0.3 is 0 Å². The van der Waals surface area contributed by atoms with E-state index in [0.717, 1.165) is 0 Å². The van der Waals surface area contributed by atoms with Crippen molar-refractivity contribution in [3.63, 3.8) is 0 Å². The zero-order valence-electron chi connectivity index (χ0n) is 15.3. The predicted molar refractivity (Wildman–Crippen MR) is 101 cm³/mol. The van der Waals surface area contributed by atoms with Gasteiger partial charge < -0.3 is 0 Å². The van der Waals surface area contributed by atoms with Crippen molar-refractivity contribution >= 4 is 17.1 Å². The molecular weight excluding hydrogens is 396 g/mol. The van der Waals surface area contributed by atoms with E-state index in [2.05, 4.69) is 36.5 Å². The molecule has 2 aromatic rings. The van der Waals surface area contributed by atoms with Crippen LogP contribution in [0.15, 0.2) is 16.6 Å². The Labute approximate surface area is 174 Å². The van der Waals surface area contributed by atoms with Crippen molar-refractivity contribution in [3.8, 4) is 47.8 Å². The van der Waals surface area contributed by atoms with Gasteiger partial charge in [-0.25, -0.2) is 24.9 Å². The van der Waals surface area contributed by atoms with Crippen LogP contribution in [0, 0.1) is 68.0 Å². The van der Waals surface area contributed by atoms with Gasteiger partial charge in [0, 0.05) is 0 Å². The first-order valence-electron chi connectivity index (χ1n) is 8.07. The molecule has 0 N–H and O–H groups in total. The molecule has 31 heavy (non-hydrogen) atoms. The van der Waals surface area contributed by atoms with Crippen molar-refractivity contribution < 1.29 is 0 Å². The fourth-order valence-corrected chi connectivity index (χ4v) is 2.52. The van der Waals surface area contributed by atoms with Gasteiger partial charge in [0.15, 0.2) is 34.2 Å². The second-order valence-electron chi connectivity index (χ2n) is 5.58. The largest absolute Gasteiger partial charge is 0.265 e. The van der Waals surface area contributed by atoms with Crippen LogP contribution >= 0.6 is 0 Å². The summed E-state index contributed by atoms with van der Waals surface area (Å²) in [5.74, 6) is 0. The number of nitriles is 6. The monoisotopic (exact) mass is 400 g/mol. The molecular formula is C19H4N12. The number of hydrogen-bond donors (Lipinski definition) is 0. The minimum Gasteiger partial charge on any atom is -0.265 e. The Morgan fingerprint density at radius 1 is 0.581 bits per heavy atom. The van der Waals surface area contributed by atoms with E-state index in [1.54, 1.807) is 36.4 Å². The van der Waals surface area contributed by atoms with E-state index in [1.807, 2.05) is 0 Å². The highest BCUT2D eigenvalue weighted by Gasteiger charge is 2.25. The number of fused-ring (bicyclic) bond motifs is 3. The summed E-state index contributed by atoms with van der Waals surface area (Å²) in [5, 5.41) is 56.0. The molecule has 0 saturated heterocycles. The van der Waals surface area contributed by atoms with Crippen LogP contribution in [0.5, 0.6) is 0 Å². The van der Waals surface area contributed by atoms with Crippen molar-refractivity contribution in [1.29, 1.82) is 31.6 Å². The van der Waals surface area contributed by atoms with E-state index in [0.29, 0.717) is 0 Å². The number of rotatable bonds is 0. The maximum Gasteiger partial charge on any atom is 0.177 e. The van der Waals surface area contributed by atoms with Gasteiger partial charge in [-0.2, -0.15) is 31.6 Å². The molecule has 3 heterocycles. The maximum atomic E-state index is 9.37. The van der Waals surface area contributed by atoms with Gasteiger partial charge in [-0.3, -0.25) is 4.99 Å². The molecule has 1 aliphatic rings. The van der Waals surface area contributed by atoms with Crippen molar-refractivity contribution in [1.82, 2.24) is 19.9 Å². The lowest BCUT2D eigenvalue weighted by Crippen LogP contribution is -2.15. The lowest BCUT2D eigenvalue weighted by Gasteiger charge is -2.13. The van der Waals surface area contributed by atoms with E-state index in [9.17, 15) is 31.6 Å². The van der Waals surface area contributed by atoms with Crippen LogP contribution in [-0.2, 0) is 6.54 Å². The third-order valence-electron chi connectivity index (χ3n) is 3.85. The van der Waals surface area contributed by atoms with Crippen molar-refractivity contribution in [2.75, 3.05) is 0 Å². The van der Waals surface area contributed by atoms with Gasteiger partial charge in [0.25, 0.3) is 0 Å². The Balaban J connectivity index is 2.52. The van der Waals surface area contributed by atoms with E-state index < -0.39 is 0 Å². The molecule has 0 saturated carbocycles. The second kappa shape index (κ2) is 8.05. The number of aromatic nitrogens is 4. The highest BCUT2D eigenvalue weighted by atomic mass is 15.0. The van der Waals surface area contributed by atoms with E-state index in [4.69, 9.17) is 0 Å². The Morgan fingerprint density at radius 3 is 1.58 bits per heavy atom. The first kappa shape index (κ1) is 19.9. The zero-order valence-corrected chi connectivity index (χ0v) is 15.3. The molecule has 0 fully saturated rings. The zero-order chi connectivity index (χ0) is 22.5. The first-order chi connectivity index (χ1) is 15.0. The van der Waals surface area contributed by atoms with Gasteiger partial charge in [-0.05, 0) is 0 Å². The van der Waals surface area contributed by atoms with Gasteiger partial charge in [0.2, 0.25) is 0 Å². The minimum atomic E-state index is -0.367. The smallest absolute Gasteiger partial charge is 0.177 e.